The summed E-state index contributed by atoms with van der Waals surface area (Å²) in [5.74, 6) is 0.199. The molecular formula is C16H23N3O. The molecule has 2 aliphatic rings. The van der Waals surface area contributed by atoms with Gasteiger partial charge < -0.3 is 5.32 Å². The SMILES string of the molecule is CC1(C)CC1(CNC(=O)C1CNNC1)c1ccccc1. The van der Waals surface area contributed by atoms with Crippen molar-refractivity contribution in [3.05, 3.63) is 35.9 Å². The van der Waals surface area contributed by atoms with Crippen LogP contribution in [0.3, 0.4) is 0 Å². The smallest absolute Gasteiger partial charge is 0.225 e. The topological polar surface area (TPSA) is 53.2 Å². The molecule has 4 nitrogen and oxygen atoms in total. The summed E-state index contributed by atoms with van der Waals surface area (Å²) < 4.78 is 0. The lowest BCUT2D eigenvalue weighted by molar-refractivity contribution is -0.124. The van der Waals surface area contributed by atoms with E-state index in [4.69, 9.17) is 0 Å². The van der Waals surface area contributed by atoms with E-state index in [1.807, 2.05) is 6.07 Å². The van der Waals surface area contributed by atoms with E-state index in [9.17, 15) is 4.79 Å². The van der Waals surface area contributed by atoms with Crippen LogP contribution in [0.25, 0.3) is 0 Å². The molecule has 1 aromatic carbocycles. The second kappa shape index (κ2) is 4.86. The fourth-order valence-corrected chi connectivity index (χ4v) is 3.39. The average Bonchev–Trinajstić information content (AvgIpc) is 2.85. The van der Waals surface area contributed by atoms with Crippen molar-refractivity contribution in [2.24, 2.45) is 11.3 Å². The Hall–Kier alpha value is -1.39. The van der Waals surface area contributed by atoms with Gasteiger partial charge in [0.1, 0.15) is 0 Å². The molecule has 0 aromatic heterocycles. The number of carbonyl (C=O) groups excluding carboxylic acids is 1. The number of benzene rings is 1. The number of amides is 1. The monoisotopic (exact) mass is 273 g/mol. The molecule has 20 heavy (non-hydrogen) atoms. The number of hydrogen-bond acceptors (Lipinski definition) is 3. The molecule has 3 rings (SSSR count). The first kappa shape index (κ1) is 13.6. The van der Waals surface area contributed by atoms with E-state index in [-0.39, 0.29) is 22.7 Å². The first-order chi connectivity index (χ1) is 9.55. The molecule has 108 valence electrons. The number of hydrazine groups is 1. The average molecular weight is 273 g/mol. The summed E-state index contributed by atoms with van der Waals surface area (Å²) in [5, 5.41) is 3.16. The molecule has 1 saturated carbocycles. The van der Waals surface area contributed by atoms with Crippen molar-refractivity contribution in [3.8, 4) is 0 Å². The molecule has 1 aromatic rings. The maximum Gasteiger partial charge on any atom is 0.225 e. The highest BCUT2D eigenvalue weighted by Gasteiger charge is 2.61. The third kappa shape index (κ3) is 2.23. The van der Waals surface area contributed by atoms with Crippen LogP contribution >= 0.6 is 0 Å². The quantitative estimate of drug-likeness (QED) is 0.772. The maximum absolute atomic E-state index is 12.2. The van der Waals surface area contributed by atoms with Crippen LogP contribution in [-0.4, -0.2) is 25.5 Å². The van der Waals surface area contributed by atoms with Gasteiger partial charge in [0.2, 0.25) is 5.91 Å². The van der Waals surface area contributed by atoms with E-state index >= 15 is 0 Å². The lowest BCUT2D eigenvalue weighted by Gasteiger charge is -2.22. The zero-order valence-corrected chi connectivity index (χ0v) is 12.2. The lowest BCUT2D eigenvalue weighted by Crippen LogP contribution is -2.39. The second-order valence-electron chi connectivity index (χ2n) is 6.69. The first-order valence-corrected chi connectivity index (χ1v) is 7.34. The first-order valence-electron chi connectivity index (χ1n) is 7.34. The normalized spacial score (nSPS) is 28.3. The minimum atomic E-state index is 0.0460. The summed E-state index contributed by atoms with van der Waals surface area (Å²) in [5.41, 5.74) is 7.71. The van der Waals surface area contributed by atoms with Crippen molar-refractivity contribution in [3.63, 3.8) is 0 Å². The molecule has 1 heterocycles. The zero-order valence-electron chi connectivity index (χ0n) is 12.2. The third-order valence-corrected chi connectivity index (χ3v) is 5.00. The Labute approximate surface area is 120 Å². The summed E-state index contributed by atoms with van der Waals surface area (Å²) in [6.07, 6.45) is 1.13. The minimum absolute atomic E-state index is 0.0460. The molecule has 3 N–H and O–H groups in total. The van der Waals surface area contributed by atoms with Gasteiger partial charge in [0.15, 0.2) is 0 Å². The van der Waals surface area contributed by atoms with Gasteiger partial charge in [0, 0.05) is 25.0 Å². The Morgan fingerprint density at radius 3 is 2.40 bits per heavy atom. The summed E-state index contributed by atoms with van der Waals surface area (Å²) in [6.45, 7) is 6.73. The van der Waals surface area contributed by atoms with Gasteiger partial charge >= 0.3 is 0 Å². The van der Waals surface area contributed by atoms with Gasteiger partial charge in [-0.05, 0) is 17.4 Å². The molecule has 4 heteroatoms. The Morgan fingerprint density at radius 1 is 1.25 bits per heavy atom. The summed E-state index contributed by atoms with van der Waals surface area (Å²) in [7, 11) is 0. The van der Waals surface area contributed by atoms with Crippen LogP contribution in [0.15, 0.2) is 30.3 Å². The molecule has 1 unspecified atom stereocenters. The molecule has 0 radical (unpaired) electrons. The van der Waals surface area contributed by atoms with Crippen molar-refractivity contribution in [2.45, 2.75) is 25.7 Å². The van der Waals surface area contributed by atoms with Gasteiger partial charge in [0.05, 0.1) is 5.92 Å². The van der Waals surface area contributed by atoms with E-state index in [1.165, 1.54) is 5.56 Å². The van der Waals surface area contributed by atoms with Crippen LogP contribution in [0.5, 0.6) is 0 Å². The van der Waals surface area contributed by atoms with Crippen LogP contribution in [0, 0.1) is 11.3 Å². The Balaban J connectivity index is 1.69. The number of hydrogen-bond donors (Lipinski definition) is 3. The number of carbonyl (C=O) groups is 1. The highest BCUT2D eigenvalue weighted by Crippen LogP contribution is 2.63. The van der Waals surface area contributed by atoms with E-state index in [0.29, 0.717) is 13.1 Å². The largest absolute Gasteiger partial charge is 0.355 e. The Kier molecular flexibility index (Phi) is 3.30. The highest BCUT2D eigenvalue weighted by atomic mass is 16.2. The molecule has 1 amide bonds. The lowest BCUT2D eigenvalue weighted by atomic mass is 9.87. The van der Waals surface area contributed by atoms with Crippen molar-refractivity contribution >= 4 is 5.91 Å². The van der Waals surface area contributed by atoms with Crippen molar-refractivity contribution < 1.29 is 4.79 Å². The van der Waals surface area contributed by atoms with Crippen molar-refractivity contribution in [1.82, 2.24) is 16.2 Å². The van der Waals surface area contributed by atoms with Crippen molar-refractivity contribution in [2.75, 3.05) is 19.6 Å². The standard InChI is InChI=1S/C16H23N3O/c1-15(2)10-16(15,13-6-4-3-5-7-13)11-17-14(20)12-8-18-19-9-12/h3-7,12,18-19H,8-11H2,1-2H3,(H,17,20). The van der Waals surface area contributed by atoms with Gasteiger partial charge in [0.25, 0.3) is 0 Å². The van der Waals surface area contributed by atoms with Gasteiger partial charge in [-0.1, -0.05) is 44.2 Å². The zero-order chi connectivity index (χ0) is 14.2. The van der Waals surface area contributed by atoms with E-state index < -0.39 is 0 Å². The van der Waals surface area contributed by atoms with E-state index in [0.717, 1.165) is 13.0 Å². The van der Waals surface area contributed by atoms with Crippen LogP contribution < -0.4 is 16.2 Å². The predicted molar refractivity (Wildman–Crippen MR) is 79.0 cm³/mol. The van der Waals surface area contributed by atoms with Crippen LogP contribution in [0.4, 0.5) is 0 Å². The van der Waals surface area contributed by atoms with Crippen LogP contribution in [0.1, 0.15) is 25.8 Å². The van der Waals surface area contributed by atoms with Crippen LogP contribution in [0.2, 0.25) is 0 Å². The molecule has 0 bridgehead atoms. The van der Waals surface area contributed by atoms with E-state index in [2.05, 4.69) is 54.3 Å². The molecular weight excluding hydrogens is 250 g/mol. The van der Waals surface area contributed by atoms with E-state index in [1.54, 1.807) is 0 Å². The molecule has 1 atom stereocenters. The fraction of sp³-hybridized carbons (Fsp3) is 0.562. The third-order valence-electron chi connectivity index (χ3n) is 5.00. The Bertz CT molecular complexity index is 494. The molecule has 2 fully saturated rings. The van der Waals surface area contributed by atoms with Crippen molar-refractivity contribution in [1.29, 1.82) is 0 Å². The fourth-order valence-electron chi connectivity index (χ4n) is 3.39. The molecule has 1 aliphatic heterocycles. The predicted octanol–water partition coefficient (Wildman–Crippen LogP) is 1.19. The molecule has 0 spiro atoms. The highest BCUT2D eigenvalue weighted by molar-refractivity contribution is 5.79. The van der Waals surface area contributed by atoms with Crippen LogP contribution in [-0.2, 0) is 10.2 Å². The van der Waals surface area contributed by atoms with Gasteiger partial charge in [-0.25, -0.2) is 0 Å². The van der Waals surface area contributed by atoms with Gasteiger partial charge in [-0.15, -0.1) is 0 Å². The number of rotatable bonds is 4. The summed E-state index contributed by atoms with van der Waals surface area (Å²) >= 11 is 0. The minimum Gasteiger partial charge on any atom is -0.355 e. The summed E-state index contributed by atoms with van der Waals surface area (Å²) in [6, 6.07) is 10.6. The summed E-state index contributed by atoms with van der Waals surface area (Å²) in [4.78, 5) is 12.2. The molecule has 1 saturated heterocycles. The number of nitrogens with one attached hydrogen (secondary N) is 3. The van der Waals surface area contributed by atoms with Gasteiger partial charge in [-0.3, -0.25) is 15.6 Å². The maximum atomic E-state index is 12.2. The molecule has 1 aliphatic carbocycles. The van der Waals surface area contributed by atoms with Gasteiger partial charge in [-0.2, -0.15) is 0 Å². The Morgan fingerprint density at radius 2 is 1.85 bits per heavy atom. The second-order valence-corrected chi connectivity index (χ2v) is 6.69.